The van der Waals surface area contributed by atoms with E-state index >= 15 is 0 Å². The normalized spacial score (nSPS) is 20.5. The summed E-state index contributed by atoms with van der Waals surface area (Å²) in [6, 6.07) is 7.80. The van der Waals surface area contributed by atoms with Gasteiger partial charge in [-0.05, 0) is 44.5 Å². The summed E-state index contributed by atoms with van der Waals surface area (Å²) in [6.45, 7) is 7.66. The Morgan fingerprint density at radius 3 is 2.85 bits per heavy atom. The highest BCUT2D eigenvalue weighted by molar-refractivity contribution is 7.09. The zero-order valence-corrected chi connectivity index (χ0v) is 16.2. The quantitative estimate of drug-likeness (QED) is 0.752. The fraction of sp³-hybridized carbons (Fsp3) is 0.400. The molecule has 1 aromatic carbocycles. The van der Waals surface area contributed by atoms with Crippen LogP contribution in [-0.2, 0) is 16.1 Å². The lowest BCUT2D eigenvalue weighted by Gasteiger charge is -2.36. The van der Waals surface area contributed by atoms with Crippen LogP contribution < -0.4 is 4.74 Å². The molecule has 1 aromatic heterocycles. The van der Waals surface area contributed by atoms with Crippen LogP contribution in [0.5, 0.6) is 5.75 Å². The molecule has 0 aliphatic carbocycles. The summed E-state index contributed by atoms with van der Waals surface area (Å²) in [4.78, 5) is 18.6. The van der Waals surface area contributed by atoms with Gasteiger partial charge in [-0.1, -0.05) is 12.1 Å². The number of amides is 1. The van der Waals surface area contributed by atoms with Gasteiger partial charge in [0.05, 0.1) is 29.5 Å². The van der Waals surface area contributed by atoms with Crippen LogP contribution in [-0.4, -0.2) is 41.1 Å². The Morgan fingerprint density at radius 1 is 1.38 bits per heavy atom. The van der Waals surface area contributed by atoms with Gasteiger partial charge in [0.15, 0.2) is 0 Å². The number of aryl methyl sites for hydroxylation is 1. The Morgan fingerprint density at radius 2 is 2.15 bits per heavy atom. The molecule has 138 valence electrons. The smallest absolute Gasteiger partial charge is 0.246 e. The predicted molar refractivity (Wildman–Crippen MR) is 103 cm³/mol. The van der Waals surface area contributed by atoms with Crippen LogP contribution in [0, 0.1) is 6.92 Å². The van der Waals surface area contributed by atoms with Crippen molar-refractivity contribution in [3.8, 4) is 5.75 Å². The van der Waals surface area contributed by atoms with Crippen LogP contribution >= 0.6 is 11.3 Å². The highest BCUT2D eigenvalue weighted by Crippen LogP contribution is 2.17. The number of ether oxygens (including phenoxy) is 2. The number of rotatable bonds is 5. The standard InChI is InChI=1S/C20H24N2O3S/c1-14-11-24-15(2)10-22(14)20(23)9-6-17-4-7-19(8-5-17)25-12-18-13-26-16(3)21-18/h4-9,13-15H,10-12H2,1-3H3/b9-6+. The molecular formula is C20H24N2O3S. The second kappa shape index (κ2) is 8.47. The third kappa shape index (κ3) is 4.93. The van der Waals surface area contributed by atoms with Crippen LogP contribution in [0.15, 0.2) is 35.7 Å². The molecule has 2 atom stereocenters. The Kier molecular flexibility index (Phi) is 6.06. The first-order chi connectivity index (χ1) is 12.5. The molecule has 1 aliphatic heterocycles. The van der Waals surface area contributed by atoms with Crippen molar-refractivity contribution in [2.45, 2.75) is 39.5 Å². The van der Waals surface area contributed by atoms with E-state index in [1.165, 1.54) is 0 Å². The van der Waals surface area contributed by atoms with Crippen molar-refractivity contribution in [1.82, 2.24) is 9.88 Å². The largest absolute Gasteiger partial charge is 0.487 e. The Bertz CT molecular complexity index is 770. The lowest BCUT2D eigenvalue weighted by atomic mass is 10.1. The molecule has 6 heteroatoms. The summed E-state index contributed by atoms with van der Waals surface area (Å²) >= 11 is 1.62. The molecular weight excluding hydrogens is 348 g/mol. The zero-order chi connectivity index (χ0) is 18.5. The van der Waals surface area contributed by atoms with Crippen LogP contribution in [0.1, 0.15) is 30.1 Å². The number of nitrogens with zero attached hydrogens (tertiary/aromatic N) is 2. The van der Waals surface area contributed by atoms with Crippen molar-refractivity contribution in [3.63, 3.8) is 0 Å². The molecule has 1 fully saturated rings. The van der Waals surface area contributed by atoms with E-state index in [4.69, 9.17) is 9.47 Å². The zero-order valence-electron chi connectivity index (χ0n) is 15.3. The molecule has 0 saturated carbocycles. The summed E-state index contributed by atoms with van der Waals surface area (Å²) < 4.78 is 11.3. The topological polar surface area (TPSA) is 51.7 Å². The molecule has 2 unspecified atom stereocenters. The molecule has 2 aromatic rings. The molecule has 26 heavy (non-hydrogen) atoms. The van der Waals surface area contributed by atoms with E-state index in [-0.39, 0.29) is 18.1 Å². The molecule has 0 bridgehead atoms. The number of thiazole rings is 1. The number of aromatic nitrogens is 1. The van der Waals surface area contributed by atoms with E-state index in [2.05, 4.69) is 4.98 Å². The lowest BCUT2D eigenvalue weighted by Crippen LogP contribution is -2.49. The molecule has 2 heterocycles. The van der Waals surface area contributed by atoms with Gasteiger partial charge in [0.25, 0.3) is 0 Å². The maximum atomic E-state index is 12.4. The maximum absolute atomic E-state index is 12.4. The molecule has 1 amide bonds. The van der Waals surface area contributed by atoms with Crippen molar-refractivity contribution in [2.24, 2.45) is 0 Å². The van der Waals surface area contributed by atoms with Crippen molar-refractivity contribution >= 4 is 23.3 Å². The van der Waals surface area contributed by atoms with Gasteiger partial charge in [-0.3, -0.25) is 4.79 Å². The minimum atomic E-state index is 0.0203. The monoisotopic (exact) mass is 372 g/mol. The van der Waals surface area contributed by atoms with Gasteiger partial charge >= 0.3 is 0 Å². The first-order valence-electron chi connectivity index (χ1n) is 8.75. The van der Waals surface area contributed by atoms with E-state index in [9.17, 15) is 4.79 Å². The summed E-state index contributed by atoms with van der Waals surface area (Å²) in [5.41, 5.74) is 1.90. The van der Waals surface area contributed by atoms with Crippen molar-refractivity contribution in [2.75, 3.05) is 13.2 Å². The fourth-order valence-electron chi connectivity index (χ4n) is 2.78. The SMILES string of the molecule is Cc1nc(COc2ccc(/C=C/C(=O)N3CC(C)OCC3C)cc2)cs1. The van der Waals surface area contributed by atoms with Crippen molar-refractivity contribution in [3.05, 3.63) is 52.0 Å². The highest BCUT2D eigenvalue weighted by atomic mass is 32.1. The number of hydrogen-bond acceptors (Lipinski definition) is 5. The molecule has 5 nitrogen and oxygen atoms in total. The summed E-state index contributed by atoms with van der Waals surface area (Å²) in [5, 5.41) is 3.05. The van der Waals surface area contributed by atoms with Gasteiger partial charge in [0.1, 0.15) is 12.4 Å². The second-order valence-corrected chi connectivity index (χ2v) is 7.59. The van der Waals surface area contributed by atoms with Crippen LogP contribution in [0.3, 0.4) is 0 Å². The molecule has 0 spiro atoms. The van der Waals surface area contributed by atoms with E-state index < -0.39 is 0 Å². The third-order valence-electron chi connectivity index (χ3n) is 4.24. The first-order valence-corrected chi connectivity index (χ1v) is 9.63. The molecule has 3 rings (SSSR count). The Hall–Kier alpha value is -2.18. The Labute approximate surface area is 158 Å². The van der Waals surface area contributed by atoms with Crippen LogP contribution in [0.4, 0.5) is 0 Å². The molecule has 1 aliphatic rings. The van der Waals surface area contributed by atoms with E-state index in [0.29, 0.717) is 19.8 Å². The van der Waals surface area contributed by atoms with Crippen molar-refractivity contribution < 1.29 is 14.3 Å². The van der Waals surface area contributed by atoms with E-state index in [0.717, 1.165) is 22.0 Å². The van der Waals surface area contributed by atoms with Gasteiger partial charge in [0.2, 0.25) is 5.91 Å². The van der Waals surface area contributed by atoms with Crippen LogP contribution in [0.25, 0.3) is 6.08 Å². The number of hydrogen-bond donors (Lipinski definition) is 0. The number of benzene rings is 1. The van der Waals surface area contributed by atoms with Gasteiger partial charge in [0, 0.05) is 18.0 Å². The minimum Gasteiger partial charge on any atom is -0.487 e. The lowest BCUT2D eigenvalue weighted by molar-refractivity contribution is -0.137. The summed E-state index contributed by atoms with van der Waals surface area (Å²) in [7, 11) is 0. The van der Waals surface area contributed by atoms with Crippen molar-refractivity contribution in [1.29, 1.82) is 0 Å². The van der Waals surface area contributed by atoms with Gasteiger partial charge in [-0.15, -0.1) is 11.3 Å². The number of carbonyl (C=O) groups is 1. The molecule has 0 radical (unpaired) electrons. The molecule has 1 saturated heterocycles. The minimum absolute atomic E-state index is 0.0203. The fourth-order valence-corrected chi connectivity index (χ4v) is 3.38. The van der Waals surface area contributed by atoms with Gasteiger partial charge in [-0.25, -0.2) is 4.98 Å². The second-order valence-electron chi connectivity index (χ2n) is 6.53. The summed E-state index contributed by atoms with van der Waals surface area (Å²) in [6.07, 6.45) is 3.55. The van der Waals surface area contributed by atoms with Gasteiger partial charge < -0.3 is 14.4 Å². The number of carbonyl (C=O) groups excluding carboxylic acids is 1. The first kappa shape index (κ1) is 18.6. The Balaban J connectivity index is 1.54. The number of morpholine rings is 1. The predicted octanol–water partition coefficient (Wildman–Crippen LogP) is 3.68. The summed E-state index contributed by atoms with van der Waals surface area (Å²) in [5.74, 6) is 0.807. The van der Waals surface area contributed by atoms with E-state index in [1.807, 2.05) is 61.4 Å². The van der Waals surface area contributed by atoms with Crippen LogP contribution in [0.2, 0.25) is 0 Å². The molecule has 0 N–H and O–H groups in total. The highest BCUT2D eigenvalue weighted by Gasteiger charge is 2.25. The maximum Gasteiger partial charge on any atom is 0.246 e. The average molecular weight is 372 g/mol. The average Bonchev–Trinajstić information content (AvgIpc) is 3.06. The third-order valence-corrected chi connectivity index (χ3v) is 5.06. The van der Waals surface area contributed by atoms with Gasteiger partial charge in [-0.2, -0.15) is 0 Å². The van der Waals surface area contributed by atoms with E-state index in [1.54, 1.807) is 17.4 Å².